The molecule has 5 nitrogen and oxygen atoms in total. The van der Waals surface area contributed by atoms with Crippen LogP contribution in [0.15, 0.2) is 34.7 Å². The second kappa shape index (κ2) is 7.69. The van der Waals surface area contributed by atoms with E-state index in [2.05, 4.69) is 32.2 Å². The Labute approximate surface area is 172 Å². The zero-order chi connectivity index (χ0) is 20.6. The fraction of sp³-hybridized carbons (Fsp3) is 0.500. The topological polar surface area (TPSA) is 62.6 Å². The summed E-state index contributed by atoms with van der Waals surface area (Å²) in [6.07, 6.45) is 4.51. The van der Waals surface area contributed by atoms with Crippen molar-refractivity contribution in [3.63, 3.8) is 0 Å². The molecule has 1 aromatic carbocycles. The molecule has 0 saturated heterocycles. The van der Waals surface area contributed by atoms with E-state index < -0.39 is 0 Å². The van der Waals surface area contributed by atoms with Crippen LogP contribution in [-0.4, -0.2) is 23.3 Å². The number of fused-ring (bicyclic) bond motifs is 1. The quantitative estimate of drug-likeness (QED) is 0.793. The minimum Gasteiger partial charge on any atom is -0.461 e. The van der Waals surface area contributed by atoms with Crippen molar-refractivity contribution in [2.24, 2.45) is 11.3 Å². The highest BCUT2D eigenvalue weighted by atomic mass is 16.3. The van der Waals surface area contributed by atoms with Crippen LogP contribution in [0.2, 0.25) is 0 Å². The van der Waals surface area contributed by atoms with Crippen LogP contribution in [-0.2, 0) is 22.6 Å². The Morgan fingerprint density at radius 2 is 1.90 bits per heavy atom. The minimum absolute atomic E-state index is 0.0231. The van der Waals surface area contributed by atoms with Crippen molar-refractivity contribution in [2.75, 3.05) is 11.9 Å². The summed E-state index contributed by atoms with van der Waals surface area (Å²) in [6.45, 7) is 7.54. The van der Waals surface area contributed by atoms with E-state index in [9.17, 15) is 9.59 Å². The van der Waals surface area contributed by atoms with Crippen molar-refractivity contribution in [1.82, 2.24) is 4.90 Å². The first kappa shape index (κ1) is 19.7. The summed E-state index contributed by atoms with van der Waals surface area (Å²) in [4.78, 5) is 26.6. The molecule has 2 amide bonds. The summed E-state index contributed by atoms with van der Waals surface area (Å²) in [5.74, 6) is 2.37. The lowest BCUT2D eigenvalue weighted by Crippen LogP contribution is -2.41. The van der Waals surface area contributed by atoms with E-state index in [0.29, 0.717) is 18.9 Å². The van der Waals surface area contributed by atoms with Gasteiger partial charge in [0.05, 0.1) is 0 Å². The largest absolute Gasteiger partial charge is 0.461 e. The molecule has 1 N–H and O–H groups in total. The van der Waals surface area contributed by atoms with E-state index in [1.165, 1.54) is 6.42 Å². The molecule has 2 aliphatic rings. The van der Waals surface area contributed by atoms with Gasteiger partial charge in [-0.3, -0.25) is 9.59 Å². The van der Waals surface area contributed by atoms with Gasteiger partial charge in [-0.1, -0.05) is 27.2 Å². The Morgan fingerprint density at radius 3 is 2.52 bits per heavy atom. The Balaban J connectivity index is 1.42. The highest BCUT2D eigenvalue weighted by Crippen LogP contribution is 2.33. The SMILES string of the molecule is CC(C)(C)CC(=O)Nc1ccc(-c2cc3c(o2)CCN(C(=O)C2CCC2)C3)cc1. The van der Waals surface area contributed by atoms with E-state index in [1.54, 1.807) is 0 Å². The molecule has 2 heterocycles. The fourth-order valence-electron chi connectivity index (χ4n) is 3.98. The third-order valence-corrected chi connectivity index (χ3v) is 5.78. The average Bonchev–Trinajstić information content (AvgIpc) is 3.02. The van der Waals surface area contributed by atoms with Crippen molar-refractivity contribution in [3.05, 3.63) is 41.7 Å². The first-order chi connectivity index (χ1) is 13.8. The molecular weight excluding hydrogens is 364 g/mol. The number of anilines is 1. The number of nitrogens with zero attached hydrogens (tertiary/aromatic N) is 1. The maximum atomic E-state index is 12.5. The molecular formula is C24H30N2O3. The standard InChI is InChI=1S/C24H30N2O3/c1-24(2,3)14-22(27)25-19-9-7-16(8-10-19)21-13-18-15-26(12-11-20(18)29-21)23(28)17-5-4-6-17/h7-10,13,17H,4-6,11-12,14-15H2,1-3H3,(H,25,27). The van der Waals surface area contributed by atoms with E-state index >= 15 is 0 Å². The summed E-state index contributed by atoms with van der Waals surface area (Å²) >= 11 is 0. The lowest BCUT2D eigenvalue weighted by molar-refractivity contribution is -0.139. The molecule has 1 saturated carbocycles. The van der Waals surface area contributed by atoms with Crippen LogP contribution in [0.5, 0.6) is 0 Å². The summed E-state index contributed by atoms with van der Waals surface area (Å²) in [7, 11) is 0. The maximum Gasteiger partial charge on any atom is 0.225 e. The molecule has 0 spiro atoms. The van der Waals surface area contributed by atoms with Crippen molar-refractivity contribution in [3.8, 4) is 11.3 Å². The number of furan rings is 1. The van der Waals surface area contributed by atoms with Crippen molar-refractivity contribution in [2.45, 2.75) is 59.4 Å². The molecule has 5 heteroatoms. The number of carbonyl (C=O) groups excluding carboxylic acids is 2. The predicted octanol–water partition coefficient (Wildman–Crippen LogP) is 5.01. The van der Waals surface area contributed by atoms with Crippen LogP contribution in [0.3, 0.4) is 0 Å². The minimum atomic E-state index is -0.0365. The number of hydrogen-bond acceptors (Lipinski definition) is 3. The van der Waals surface area contributed by atoms with Gasteiger partial charge in [0.1, 0.15) is 11.5 Å². The Kier molecular flexibility index (Phi) is 5.24. The molecule has 0 radical (unpaired) electrons. The van der Waals surface area contributed by atoms with Crippen LogP contribution in [0, 0.1) is 11.3 Å². The van der Waals surface area contributed by atoms with Crippen LogP contribution in [0.1, 0.15) is 57.8 Å². The van der Waals surface area contributed by atoms with E-state index in [0.717, 1.165) is 54.1 Å². The molecule has 1 aliphatic heterocycles. The van der Waals surface area contributed by atoms with E-state index in [-0.39, 0.29) is 17.2 Å². The number of benzene rings is 1. The van der Waals surface area contributed by atoms with Crippen molar-refractivity contribution in [1.29, 1.82) is 0 Å². The van der Waals surface area contributed by atoms with Gasteiger partial charge in [-0.05, 0) is 48.6 Å². The van der Waals surface area contributed by atoms with Crippen LogP contribution in [0.4, 0.5) is 5.69 Å². The molecule has 0 unspecified atom stereocenters. The molecule has 1 aliphatic carbocycles. The normalized spacial score (nSPS) is 16.9. The number of nitrogens with one attached hydrogen (secondary N) is 1. The third kappa shape index (κ3) is 4.55. The summed E-state index contributed by atoms with van der Waals surface area (Å²) in [5, 5.41) is 2.95. The zero-order valence-corrected chi connectivity index (χ0v) is 17.6. The second-order valence-electron chi connectivity index (χ2n) is 9.56. The van der Waals surface area contributed by atoms with Gasteiger partial charge in [0.15, 0.2) is 0 Å². The van der Waals surface area contributed by atoms with E-state index in [1.807, 2.05) is 29.2 Å². The van der Waals surface area contributed by atoms with Crippen LogP contribution in [0.25, 0.3) is 11.3 Å². The predicted molar refractivity (Wildman–Crippen MR) is 113 cm³/mol. The van der Waals surface area contributed by atoms with Crippen molar-refractivity contribution >= 4 is 17.5 Å². The Bertz CT molecular complexity index is 901. The van der Waals surface area contributed by atoms with Gasteiger partial charge in [-0.25, -0.2) is 0 Å². The van der Waals surface area contributed by atoms with Gasteiger partial charge in [-0.15, -0.1) is 0 Å². The molecule has 2 aromatic rings. The maximum absolute atomic E-state index is 12.5. The van der Waals surface area contributed by atoms with Crippen LogP contribution < -0.4 is 5.32 Å². The first-order valence-corrected chi connectivity index (χ1v) is 10.6. The lowest BCUT2D eigenvalue weighted by atomic mass is 9.84. The molecule has 4 rings (SSSR count). The second-order valence-corrected chi connectivity index (χ2v) is 9.56. The van der Waals surface area contributed by atoms with Gasteiger partial charge in [-0.2, -0.15) is 0 Å². The number of amides is 2. The summed E-state index contributed by atoms with van der Waals surface area (Å²) < 4.78 is 6.08. The third-order valence-electron chi connectivity index (χ3n) is 5.78. The summed E-state index contributed by atoms with van der Waals surface area (Å²) in [5.41, 5.74) is 2.84. The number of rotatable bonds is 4. The molecule has 1 fully saturated rings. The van der Waals surface area contributed by atoms with Crippen LogP contribution >= 0.6 is 0 Å². The molecule has 0 bridgehead atoms. The van der Waals surface area contributed by atoms with Gasteiger partial charge < -0.3 is 14.6 Å². The highest BCUT2D eigenvalue weighted by Gasteiger charge is 2.32. The first-order valence-electron chi connectivity index (χ1n) is 10.6. The molecule has 1 aromatic heterocycles. The fourth-order valence-corrected chi connectivity index (χ4v) is 3.98. The highest BCUT2D eigenvalue weighted by molar-refractivity contribution is 5.91. The number of hydrogen-bond donors (Lipinski definition) is 1. The summed E-state index contributed by atoms with van der Waals surface area (Å²) in [6, 6.07) is 9.80. The monoisotopic (exact) mass is 394 g/mol. The average molecular weight is 395 g/mol. The Hall–Kier alpha value is -2.56. The van der Waals surface area contributed by atoms with Crippen molar-refractivity contribution < 1.29 is 14.0 Å². The smallest absolute Gasteiger partial charge is 0.225 e. The number of carbonyl (C=O) groups is 2. The van der Waals surface area contributed by atoms with E-state index in [4.69, 9.17) is 4.42 Å². The van der Waals surface area contributed by atoms with Gasteiger partial charge in [0, 0.05) is 48.7 Å². The Morgan fingerprint density at radius 1 is 1.17 bits per heavy atom. The molecule has 154 valence electrons. The molecule has 0 atom stereocenters. The molecule has 29 heavy (non-hydrogen) atoms. The van der Waals surface area contributed by atoms with Gasteiger partial charge >= 0.3 is 0 Å². The zero-order valence-electron chi connectivity index (χ0n) is 17.6. The van der Waals surface area contributed by atoms with Gasteiger partial charge in [0.2, 0.25) is 11.8 Å². The lowest BCUT2D eigenvalue weighted by Gasteiger charge is -2.33. The van der Waals surface area contributed by atoms with Gasteiger partial charge in [0.25, 0.3) is 0 Å².